The zero-order valence-electron chi connectivity index (χ0n) is 11.5. The van der Waals surface area contributed by atoms with E-state index in [-0.39, 0.29) is 11.6 Å². The maximum Gasteiger partial charge on any atom is 0.418 e. The minimum atomic E-state index is -4.48. The molecule has 1 fully saturated rings. The van der Waals surface area contributed by atoms with Gasteiger partial charge >= 0.3 is 6.18 Å². The highest BCUT2D eigenvalue weighted by molar-refractivity contribution is 6.01. The van der Waals surface area contributed by atoms with Crippen LogP contribution in [-0.2, 0) is 11.0 Å². The van der Waals surface area contributed by atoms with Crippen LogP contribution in [0.5, 0.6) is 0 Å². The molecule has 1 spiro atoms. The van der Waals surface area contributed by atoms with Crippen molar-refractivity contribution < 1.29 is 18.0 Å². The lowest BCUT2D eigenvalue weighted by Crippen LogP contribution is -2.41. The molecule has 1 saturated carbocycles. The molecular formula is C15H17F3N2O. The summed E-state index contributed by atoms with van der Waals surface area (Å²) in [7, 11) is 0. The van der Waals surface area contributed by atoms with Gasteiger partial charge in [-0.25, -0.2) is 0 Å². The van der Waals surface area contributed by atoms with E-state index in [1.165, 1.54) is 6.07 Å². The number of halogens is 3. The van der Waals surface area contributed by atoms with Gasteiger partial charge in [-0.05, 0) is 25.0 Å². The molecule has 0 aromatic heterocycles. The van der Waals surface area contributed by atoms with E-state index in [0.717, 1.165) is 38.2 Å². The van der Waals surface area contributed by atoms with Crippen molar-refractivity contribution in [1.82, 2.24) is 0 Å². The number of amides is 1. The maximum absolute atomic E-state index is 13.1. The van der Waals surface area contributed by atoms with Crippen LogP contribution in [0.2, 0.25) is 0 Å². The van der Waals surface area contributed by atoms with E-state index in [0.29, 0.717) is 12.2 Å². The predicted octanol–water partition coefficient (Wildman–Crippen LogP) is 4.02. The van der Waals surface area contributed by atoms with Gasteiger partial charge in [-0.1, -0.05) is 25.3 Å². The van der Waals surface area contributed by atoms with Crippen LogP contribution in [0.15, 0.2) is 18.2 Å². The molecule has 0 atom stereocenters. The molecule has 1 aliphatic carbocycles. The van der Waals surface area contributed by atoms with E-state index in [2.05, 4.69) is 10.6 Å². The summed E-state index contributed by atoms with van der Waals surface area (Å²) in [6, 6.07) is 3.94. The van der Waals surface area contributed by atoms with Crippen molar-refractivity contribution >= 4 is 17.3 Å². The SMILES string of the molecule is O=C1Nc2c(cccc2C(F)(F)F)NCC12CCCCC2. The van der Waals surface area contributed by atoms with Crippen molar-refractivity contribution in [2.45, 2.75) is 38.3 Å². The Morgan fingerprint density at radius 2 is 1.81 bits per heavy atom. The number of carbonyl (C=O) groups is 1. The smallest absolute Gasteiger partial charge is 0.382 e. The van der Waals surface area contributed by atoms with E-state index >= 15 is 0 Å². The van der Waals surface area contributed by atoms with E-state index in [4.69, 9.17) is 0 Å². The molecule has 1 aromatic carbocycles. The quantitative estimate of drug-likeness (QED) is 0.759. The lowest BCUT2D eigenvalue weighted by molar-refractivity contribution is -0.137. The summed E-state index contributed by atoms with van der Waals surface area (Å²) in [5.41, 5.74) is -1.17. The molecule has 1 aliphatic heterocycles. The first-order valence-electron chi connectivity index (χ1n) is 7.18. The van der Waals surface area contributed by atoms with Gasteiger partial charge in [-0.3, -0.25) is 4.79 Å². The van der Waals surface area contributed by atoms with Crippen molar-refractivity contribution in [3.63, 3.8) is 0 Å². The van der Waals surface area contributed by atoms with Crippen molar-refractivity contribution in [2.75, 3.05) is 17.2 Å². The van der Waals surface area contributed by atoms with Gasteiger partial charge in [-0.15, -0.1) is 0 Å². The Hall–Kier alpha value is -1.72. The number of alkyl halides is 3. The first kappa shape index (κ1) is 14.2. The normalized spacial score (nSPS) is 21.2. The fourth-order valence-electron chi connectivity index (χ4n) is 3.29. The minimum Gasteiger partial charge on any atom is -0.382 e. The molecule has 1 aromatic rings. The van der Waals surface area contributed by atoms with Gasteiger partial charge in [0.1, 0.15) is 0 Å². The van der Waals surface area contributed by atoms with Crippen LogP contribution < -0.4 is 10.6 Å². The summed E-state index contributed by atoms with van der Waals surface area (Å²) in [6.07, 6.45) is -0.0718. The van der Waals surface area contributed by atoms with Crippen molar-refractivity contribution in [2.24, 2.45) is 5.41 Å². The monoisotopic (exact) mass is 298 g/mol. The number of carbonyl (C=O) groups excluding carboxylic acids is 1. The van der Waals surface area contributed by atoms with Crippen LogP contribution in [0, 0.1) is 5.41 Å². The largest absolute Gasteiger partial charge is 0.418 e. The van der Waals surface area contributed by atoms with Gasteiger partial charge in [-0.2, -0.15) is 13.2 Å². The molecular weight excluding hydrogens is 281 g/mol. The molecule has 0 saturated heterocycles. The zero-order valence-corrected chi connectivity index (χ0v) is 11.5. The molecule has 1 amide bonds. The number of para-hydroxylation sites is 1. The standard InChI is InChI=1S/C15H17F3N2O/c16-15(17,18)10-5-4-6-11-12(10)20-13(21)14(9-19-11)7-2-1-3-8-14/h4-6,19H,1-3,7-9H2,(H,20,21). The number of benzene rings is 1. The predicted molar refractivity (Wildman–Crippen MR) is 74.1 cm³/mol. The Kier molecular flexibility index (Phi) is 3.34. The molecule has 21 heavy (non-hydrogen) atoms. The van der Waals surface area contributed by atoms with Crippen LogP contribution in [0.4, 0.5) is 24.5 Å². The summed E-state index contributed by atoms with van der Waals surface area (Å²) < 4.78 is 39.3. The van der Waals surface area contributed by atoms with Gasteiger partial charge in [0.05, 0.1) is 22.4 Å². The molecule has 114 valence electrons. The molecule has 0 unspecified atom stereocenters. The third kappa shape index (κ3) is 2.47. The summed E-state index contributed by atoms with van der Waals surface area (Å²) >= 11 is 0. The van der Waals surface area contributed by atoms with Crippen molar-refractivity contribution in [3.8, 4) is 0 Å². The Labute approximate surface area is 120 Å². The number of nitrogens with one attached hydrogen (secondary N) is 2. The van der Waals surface area contributed by atoms with Crippen molar-refractivity contribution in [3.05, 3.63) is 23.8 Å². The van der Waals surface area contributed by atoms with E-state index in [1.807, 2.05) is 0 Å². The van der Waals surface area contributed by atoms with Gasteiger partial charge in [0.25, 0.3) is 0 Å². The summed E-state index contributed by atoms with van der Waals surface area (Å²) in [6.45, 7) is 0.396. The number of hydrogen-bond acceptors (Lipinski definition) is 2. The third-order valence-electron chi connectivity index (χ3n) is 4.52. The summed E-state index contributed by atoms with van der Waals surface area (Å²) in [5.74, 6) is -0.287. The minimum absolute atomic E-state index is 0.141. The number of hydrogen-bond donors (Lipinski definition) is 2. The molecule has 0 radical (unpaired) electrons. The Balaban J connectivity index is 1.99. The van der Waals surface area contributed by atoms with Crippen LogP contribution in [0.3, 0.4) is 0 Å². The Bertz CT molecular complexity index is 563. The second-order valence-electron chi connectivity index (χ2n) is 5.87. The van der Waals surface area contributed by atoms with Gasteiger partial charge in [0.15, 0.2) is 0 Å². The van der Waals surface area contributed by atoms with Gasteiger partial charge in [0.2, 0.25) is 5.91 Å². The molecule has 3 nitrogen and oxygen atoms in total. The second kappa shape index (κ2) is 4.93. The molecule has 1 heterocycles. The van der Waals surface area contributed by atoms with Gasteiger partial charge < -0.3 is 10.6 Å². The molecule has 6 heteroatoms. The van der Waals surface area contributed by atoms with Crippen LogP contribution in [-0.4, -0.2) is 12.5 Å². The molecule has 0 bridgehead atoms. The second-order valence-corrected chi connectivity index (χ2v) is 5.87. The van der Waals surface area contributed by atoms with E-state index in [9.17, 15) is 18.0 Å². The topological polar surface area (TPSA) is 41.1 Å². The van der Waals surface area contributed by atoms with E-state index in [1.54, 1.807) is 6.07 Å². The summed E-state index contributed by atoms with van der Waals surface area (Å²) in [5, 5.41) is 5.58. The van der Waals surface area contributed by atoms with Crippen LogP contribution in [0.1, 0.15) is 37.7 Å². The molecule has 2 N–H and O–H groups in total. The fourth-order valence-corrected chi connectivity index (χ4v) is 3.29. The number of rotatable bonds is 0. The van der Waals surface area contributed by atoms with Gasteiger partial charge in [0, 0.05) is 6.54 Å². The fraction of sp³-hybridized carbons (Fsp3) is 0.533. The zero-order chi connectivity index (χ0) is 15.1. The maximum atomic E-state index is 13.1. The highest BCUT2D eigenvalue weighted by Gasteiger charge is 2.43. The Morgan fingerprint density at radius 3 is 2.48 bits per heavy atom. The Morgan fingerprint density at radius 1 is 1.10 bits per heavy atom. The molecule has 3 rings (SSSR count). The van der Waals surface area contributed by atoms with Crippen LogP contribution >= 0.6 is 0 Å². The highest BCUT2D eigenvalue weighted by Crippen LogP contribution is 2.44. The third-order valence-corrected chi connectivity index (χ3v) is 4.52. The lowest BCUT2D eigenvalue weighted by Gasteiger charge is -2.34. The first-order valence-corrected chi connectivity index (χ1v) is 7.18. The summed E-state index contributed by atoms with van der Waals surface area (Å²) in [4.78, 5) is 12.5. The van der Waals surface area contributed by atoms with Crippen LogP contribution in [0.25, 0.3) is 0 Å². The number of fused-ring (bicyclic) bond motifs is 1. The van der Waals surface area contributed by atoms with E-state index < -0.39 is 17.2 Å². The lowest BCUT2D eigenvalue weighted by atomic mass is 9.73. The average Bonchev–Trinajstić information content (AvgIpc) is 2.57. The highest BCUT2D eigenvalue weighted by atomic mass is 19.4. The van der Waals surface area contributed by atoms with Crippen molar-refractivity contribution in [1.29, 1.82) is 0 Å². The molecule has 2 aliphatic rings. The number of anilines is 2. The first-order chi connectivity index (χ1) is 9.92. The average molecular weight is 298 g/mol.